The zero-order valence-corrected chi connectivity index (χ0v) is 14.6. The van der Waals surface area contributed by atoms with Gasteiger partial charge >= 0.3 is 0 Å². The van der Waals surface area contributed by atoms with E-state index in [1.54, 1.807) is 7.05 Å². The van der Waals surface area contributed by atoms with Crippen LogP contribution in [0, 0.1) is 13.8 Å². The molecular weight excluding hydrogens is 290 g/mol. The molecule has 1 saturated heterocycles. The summed E-state index contributed by atoms with van der Waals surface area (Å²) >= 11 is 0. The summed E-state index contributed by atoms with van der Waals surface area (Å²) in [6.45, 7) is 5.21. The van der Waals surface area contributed by atoms with Gasteiger partial charge in [0.2, 0.25) is 0 Å². The van der Waals surface area contributed by atoms with Gasteiger partial charge in [-0.25, -0.2) is 0 Å². The average Bonchev–Trinajstić information content (AvgIpc) is 2.50. The highest BCUT2D eigenvalue weighted by atomic mass is 16.2. The van der Waals surface area contributed by atoms with E-state index in [0.717, 1.165) is 42.6 Å². The lowest BCUT2D eigenvalue weighted by atomic mass is 9.97. The Morgan fingerprint density at radius 2 is 1.87 bits per heavy atom. The number of amides is 2. The summed E-state index contributed by atoms with van der Waals surface area (Å²) in [6.07, 6.45) is 2.91. The maximum absolute atomic E-state index is 12.9. The molecule has 126 valence electrons. The first-order valence-electron chi connectivity index (χ1n) is 8.29. The molecule has 0 aromatic heterocycles. The molecule has 0 saturated carbocycles. The number of nitrogens with zero attached hydrogens (tertiary/aromatic N) is 1. The van der Waals surface area contributed by atoms with Crippen LogP contribution in [0.1, 0.15) is 30.4 Å². The van der Waals surface area contributed by atoms with Crippen molar-refractivity contribution in [1.82, 2.24) is 5.32 Å². The van der Waals surface area contributed by atoms with Crippen LogP contribution in [0.25, 0.3) is 0 Å². The van der Waals surface area contributed by atoms with Crippen molar-refractivity contribution >= 4 is 17.5 Å². The third-order valence-corrected chi connectivity index (χ3v) is 4.96. The number of anilines is 1. The van der Waals surface area contributed by atoms with Crippen LogP contribution in [-0.2, 0) is 9.59 Å². The highest BCUT2D eigenvalue weighted by Gasteiger charge is 2.42. The van der Waals surface area contributed by atoms with E-state index >= 15 is 0 Å². The minimum Gasteiger partial charge on any atom is -0.354 e. The topological polar surface area (TPSA) is 58.2 Å². The number of para-hydroxylation sites is 1. The number of rotatable bonds is 4. The minimum absolute atomic E-state index is 0.0146. The molecule has 0 spiro atoms. The van der Waals surface area contributed by atoms with Crippen molar-refractivity contribution in [1.29, 1.82) is 0 Å². The van der Waals surface area contributed by atoms with Crippen molar-refractivity contribution in [2.45, 2.75) is 39.2 Å². The van der Waals surface area contributed by atoms with Crippen LogP contribution in [0.15, 0.2) is 18.2 Å². The molecule has 2 amide bonds. The summed E-state index contributed by atoms with van der Waals surface area (Å²) in [5, 5.41) is 5.79. The van der Waals surface area contributed by atoms with Crippen molar-refractivity contribution in [3.8, 4) is 0 Å². The average molecular weight is 318 g/mol. The molecular formula is C18H28N3O2+. The largest absolute Gasteiger partial charge is 0.354 e. The molecule has 23 heavy (non-hydrogen) atoms. The minimum atomic E-state index is -0.181. The fourth-order valence-corrected chi connectivity index (χ4v) is 3.51. The quantitative estimate of drug-likeness (QED) is 0.834. The van der Waals surface area contributed by atoms with E-state index in [1.165, 1.54) is 0 Å². The molecule has 0 aliphatic carbocycles. The van der Waals surface area contributed by atoms with Gasteiger partial charge in [0.05, 0.1) is 13.6 Å². The lowest BCUT2D eigenvalue weighted by molar-refractivity contribution is -0.921. The fraction of sp³-hybridized carbons (Fsp3) is 0.556. The lowest BCUT2D eigenvalue weighted by Gasteiger charge is -2.43. The highest BCUT2D eigenvalue weighted by molar-refractivity contribution is 5.95. The van der Waals surface area contributed by atoms with E-state index in [1.807, 2.05) is 39.1 Å². The first kappa shape index (κ1) is 17.5. The summed E-state index contributed by atoms with van der Waals surface area (Å²) in [7, 11) is 3.66. The first-order valence-corrected chi connectivity index (χ1v) is 8.29. The van der Waals surface area contributed by atoms with E-state index in [4.69, 9.17) is 0 Å². The van der Waals surface area contributed by atoms with Crippen LogP contribution in [0.4, 0.5) is 5.69 Å². The SMILES string of the molecule is CNC(=O)C[N+]1(C)CCCCC1C(=O)Nc1c(C)cccc1C. The smallest absolute Gasteiger partial charge is 0.282 e. The van der Waals surface area contributed by atoms with Gasteiger partial charge in [-0.2, -0.15) is 0 Å². The Kier molecular flexibility index (Phi) is 5.42. The number of likely N-dealkylation sites (N-methyl/N-ethyl adjacent to an activating group) is 2. The second-order valence-corrected chi connectivity index (χ2v) is 6.80. The van der Waals surface area contributed by atoms with Crippen molar-refractivity contribution in [3.05, 3.63) is 29.3 Å². The summed E-state index contributed by atoms with van der Waals surface area (Å²) < 4.78 is 0.483. The van der Waals surface area contributed by atoms with Crippen molar-refractivity contribution < 1.29 is 14.1 Å². The molecule has 1 aromatic rings. The highest BCUT2D eigenvalue weighted by Crippen LogP contribution is 2.26. The second kappa shape index (κ2) is 7.13. The Hall–Kier alpha value is -1.88. The first-order chi connectivity index (χ1) is 10.9. The standard InChI is InChI=1S/C18H27N3O2/c1-13-8-7-9-14(2)17(13)20-18(23)15-10-5-6-11-21(15,4)12-16(22)19-3/h7-9,15H,5-6,10-12H2,1-4H3,(H-,19,20,22,23)/p+1. The third kappa shape index (κ3) is 3.91. The van der Waals surface area contributed by atoms with Gasteiger partial charge in [0.25, 0.3) is 11.8 Å². The maximum atomic E-state index is 12.9. The molecule has 1 aromatic carbocycles. The van der Waals surface area contributed by atoms with E-state index in [0.29, 0.717) is 11.0 Å². The molecule has 2 N–H and O–H groups in total. The third-order valence-electron chi connectivity index (χ3n) is 4.96. The van der Waals surface area contributed by atoms with E-state index < -0.39 is 0 Å². The van der Waals surface area contributed by atoms with Gasteiger partial charge < -0.3 is 15.1 Å². The summed E-state index contributed by atoms with van der Waals surface area (Å²) in [6, 6.07) is 5.82. The molecule has 0 bridgehead atoms. The molecule has 1 heterocycles. The molecule has 2 rings (SSSR count). The zero-order chi connectivity index (χ0) is 17.0. The van der Waals surface area contributed by atoms with Crippen LogP contribution in [0.5, 0.6) is 0 Å². The van der Waals surface area contributed by atoms with Crippen LogP contribution in [0.2, 0.25) is 0 Å². The number of hydrogen-bond donors (Lipinski definition) is 2. The van der Waals surface area contributed by atoms with Crippen LogP contribution >= 0.6 is 0 Å². The van der Waals surface area contributed by atoms with Crippen molar-refractivity contribution in [3.63, 3.8) is 0 Å². The number of benzene rings is 1. The number of aryl methyl sites for hydroxylation is 2. The summed E-state index contributed by atoms with van der Waals surface area (Å²) in [5.74, 6) is 0.00720. The number of piperidine rings is 1. The number of hydrogen-bond acceptors (Lipinski definition) is 2. The van der Waals surface area contributed by atoms with Crippen molar-refractivity contribution in [2.24, 2.45) is 0 Å². The number of carbonyl (C=O) groups is 2. The van der Waals surface area contributed by atoms with Crippen LogP contribution in [-0.4, -0.2) is 49.5 Å². The second-order valence-electron chi connectivity index (χ2n) is 6.80. The van der Waals surface area contributed by atoms with Gasteiger partial charge in [-0.05, 0) is 37.8 Å². The van der Waals surface area contributed by atoms with Gasteiger partial charge in [-0.15, -0.1) is 0 Å². The Labute approximate surface area is 138 Å². The van der Waals surface area contributed by atoms with E-state index in [2.05, 4.69) is 10.6 Å². The molecule has 1 aliphatic heterocycles. The Morgan fingerprint density at radius 3 is 2.48 bits per heavy atom. The number of nitrogens with one attached hydrogen (secondary N) is 2. The van der Waals surface area contributed by atoms with Gasteiger partial charge in [0, 0.05) is 19.2 Å². The predicted molar refractivity (Wildman–Crippen MR) is 92.2 cm³/mol. The Morgan fingerprint density at radius 1 is 1.22 bits per heavy atom. The molecule has 5 nitrogen and oxygen atoms in total. The van der Waals surface area contributed by atoms with Gasteiger partial charge in [-0.3, -0.25) is 9.59 Å². The zero-order valence-electron chi connectivity index (χ0n) is 14.6. The van der Waals surface area contributed by atoms with Crippen LogP contribution in [0.3, 0.4) is 0 Å². The number of quaternary nitrogens is 1. The fourth-order valence-electron chi connectivity index (χ4n) is 3.51. The number of likely N-dealkylation sites (tertiary alicyclic amines) is 1. The summed E-state index contributed by atoms with van der Waals surface area (Å²) in [5.41, 5.74) is 3.03. The van der Waals surface area contributed by atoms with Crippen LogP contribution < -0.4 is 10.6 Å². The molecule has 1 fully saturated rings. The number of carbonyl (C=O) groups excluding carboxylic acids is 2. The maximum Gasteiger partial charge on any atom is 0.282 e. The molecule has 1 aliphatic rings. The molecule has 5 heteroatoms. The van der Waals surface area contributed by atoms with E-state index in [9.17, 15) is 9.59 Å². The molecule has 2 unspecified atom stereocenters. The Bertz CT molecular complexity index is 580. The monoisotopic (exact) mass is 318 g/mol. The van der Waals surface area contributed by atoms with Crippen molar-refractivity contribution in [2.75, 3.05) is 32.5 Å². The Balaban J connectivity index is 2.20. The molecule has 0 radical (unpaired) electrons. The lowest BCUT2D eigenvalue weighted by Crippen LogP contribution is -2.62. The van der Waals surface area contributed by atoms with Gasteiger partial charge in [0.15, 0.2) is 12.6 Å². The van der Waals surface area contributed by atoms with Gasteiger partial charge in [0.1, 0.15) is 0 Å². The predicted octanol–water partition coefficient (Wildman–Crippen LogP) is 1.99. The molecule has 2 atom stereocenters. The normalized spacial score (nSPS) is 24.1. The van der Waals surface area contributed by atoms with E-state index in [-0.39, 0.29) is 17.9 Å². The van der Waals surface area contributed by atoms with Gasteiger partial charge in [-0.1, -0.05) is 18.2 Å². The summed E-state index contributed by atoms with van der Waals surface area (Å²) in [4.78, 5) is 24.8.